The first kappa shape index (κ1) is 17.6. The van der Waals surface area contributed by atoms with Crippen LogP contribution in [0.25, 0.3) is 10.2 Å². The van der Waals surface area contributed by atoms with E-state index in [1.165, 1.54) is 28.6 Å². The van der Waals surface area contributed by atoms with E-state index in [4.69, 9.17) is 9.72 Å². The highest BCUT2D eigenvalue weighted by Gasteiger charge is 2.22. The first-order chi connectivity index (χ1) is 11.6. The number of hydrogen-bond acceptors (Lipinski definition) is 6. The summed E-state index contributed by atoms with van der Waals surface area (Å²) in [5.74, 6) is 0.798. The quantitative estimate of drug-likeness (QED) is 0.557. The third-order valence-corrected chi connectivity index (χ3v) is 6.41. The molecule has 0 fully saturated rings. The van der Waals surface area contributed by atoms with Gasteiger partial charge in [-0.15, -0.1) is 11.3 Å². The Bertz CT molecular complexity index is 810. The van der Waals surface area contributed by atoms with E-state index >= 15 is 0 Å². The number of ketones is 1. The maximum absolute atomic E-state index is 13.1. The van der Waals surface area contributed by atoms with Gasteiger partial charge in [0, 0.05) is 24.2 Å². The molecule has 2 aromatic rings. The van der Waals surface area contributed by atoms with E-state index in [-0.39, 0.29) is 11.3 Å². The molecule has 0 aliphatic heterocycles. The number of aryl methyl sites for hydroxylation is 2. The Labute approximate surface area is 149 Å². The summed E-state index contributed by atoms with van der Waals surface area (Å²) in [7, 11) is 1.63. The molecule has 7 heteroatoms. The third-order valence-electron chi connectivity index (χ3n) is 4.24. The van der Waals surface area contributed by atoms with E-state index in [1.807, 2.05) is 0 Å². The minimum atomic E-state index is 0.0433. The molecule has 0 unspecified atom stereocenters. The SMILES string of the molecule is COCCn1c(SCCC(C)=O)nc2sc3c(c2c1=O)CCCC3. The number of Topliss-reactive ketones (excluding diaryl/α,β-unsaturated/α-hetero) is 1. The van der Waals surface area contributed by atoms with Crippen LogP contribution in [0.1, 0.15) is 36.6 Å². The predicted octanol–water partition coefficient (Wildman–Crippen LogP) is 3.05. The molecule has 0 saturated heterocycles. The van der Waals surface area contributed by atoms with Gasteiger partial charge in [0.2, 0.25) is 0 Å². The molecule has 1 aliphatic rings. The molecule has 0 amide bonds. The largest absolute Gasteiger partial charge is 0.383 e. The van der Waals surface area contributed by atoms with Gasteiger partial charge in [0.25, 0.3) is 5.56 Å². The summed E-state index contributed by atoms with van der Waals surface area (Å²) in [6.07, 6.45) is 4.86. The number of thiophene rings is 1. The summed E-state index contributed by atoms with van der Waals surface area (Å²) < 4.78 is 6.88. The second-order valence-corrected chi connectivity index (χ2v) is 8.18. The highest BCUT2D eigenvalue weighted by molar-refractivity contribution is 7.99. The van der Waals surface area contributed by atoms with Crippen LogP contribution in [0.3, 0.4) is 0 Å². The van der Waals surface area contributed by atoms with E-state index in [0.717, 1.165) is 29.5 Å². The molecule has 0 aromatic carbocycles. The number of nitrogens with zero attached hydrogens (tertiary/aromatic N) is 2. The Morgan fingerprint density at radius 3 is 2.92 bits per heavy atom. The average Bonchev–Trinajstić information content (AvgIpc) is 2.92. The van der Waals surface area contributed by atoms with E-state index in [1.54, 1.807) is 29.9 Å². The fourth-order valence-electron chi connectivity index (χ4n) is 3.00. The van der Waals surface area contributed by atoms with Crippen molar-refractivity contribution in [3.63, 3.8) is 0 Å². The van der Waals surface area contributed by atoms with Crippen molar-refractivity contribution in [2.75, 3.05) is 19.5 Å². The summed E-state index contributed by atoms with van der Waals surface area (Å²) >= 11 is 3.15. The second kappa shape index (κ2) is 7.80. The normalized spacial score (nSPS) is 14.1. The predicted molar refractivity (Wildman–Crippen MR) is 98.4 cm³/mol. The summed E-state index contributed by atoms with van der Waals surface area (Å²) in [4.78, 5) is 31.2. The number of fused-ring (bicyclic) bond motifs is 3. The third kappa shape index (κ3) is 3.58. The van der Waals surface area contributed by atoms with Gasteiger partial charge in [-0.05, 0) is 38.2 Å². The number of ether oxygens (including phenoxy) is 1. The van der Waals surface area contributed by atoms with Gasteiger partial charge in [-0.3, -0.25) is 14.2 Å². The zero-order valence-electron chi connectivity index (χ0n) is 14.1. The highest BCUT2D eigenvalue weighted by atomic mass is 32.2. The summed E-state index contributed by atoms with van der Waals surface area (Å²) in [5.41, 5.74) is 1.26. The van der Waals surface area contributed by atoms with Crippen molar-refractivity contribution in [2.24, 2.45) is 0 Å². The number of hydrogen-bond donors (Lipinski definition) is 0. The van der Waals surface area contributed by atoms with E-state index in [9.17, 15) is 9.59 Å². The zero-order chi connectivity index (χ0) is 17.1. The molecule has 2 heterocycles. The van der Waals surface area contributed by atoms with Crippen LogP contribution in [0.5, 0.6) is 0 Å². The molecule has 5 nitrogen and oxygen atoms in total. The van der Waals surface area contributed by atoms with Gasteiger partial charge in [-0.1, -0.05) is 11.8 Å². The molecule has 130 valence electrons. The van der Waals surface area contributed by atoms with Crippen molar-refractivity contribution in [1.82, 2.24) is 9.55 Å². The van der Waals surface area contributed by atoms with Crippen molar-refractivity contribution in [3.8, 4) is 0 Å². The molecule has 24 heavy (non-hydrogen) atoms. The number of methoxy groups -OCH3 is 1. The van der Waals surface area contributed by atoms with Gasteiger partial charge in [0.05, 0.1) is 18.5 Å². The number of carbonyl (C=O) groups excluding carboxylic acids is 1. The van der Waals surface area contributed by atoms with Crippen LogP contribution >= 0.6 is 23.1 Å². The fraction of sp³-hybridized carbons (Fsp3) is 0.588. The lowest BCUT2D eigenvalue weighted by Gasteiger charge is -2.13. The standard InChI is InChI=1S/C17H22N2O3S2/c1-11(20)7-10-23-17-18-15-14(16(21)19(17)8-9-22-2)12-5-3-4-6-13(12)24-15/h3-10H2,1-2H3. The Balaban J connectivity index is 2.04. The number of rotatable bonds is 7. The zero-order valence-corrected chi connectivity index (χ0v) is 15.7. The van der Waals surface area contributed by atoms with Crippen LogP contribution in [0.4, 0.5) is 0 Å². The first-order valence-corrected chi connectivity index (χ1v) is 10.1. The number of carbonyl (C=O) groups is 1. The molecule has 0 radical (unpaired) electrons. The maximum atomic E-state index is 13.1. The van der Waals surface area contributed by atoms with Gasteiger partial charge in [-0.2, -0.15) is 0 Å². The van der Waals surface area contributed by atoms with Crippen molar-refractivity contribution in [1.29, 1.82) is 0 Å². The molecular formula is C17H22N2O3S2. The topological polar surface area (TPSA) is 61.2 Å². The van der Waals surface area contributed by atoms with Gasteiger partial charge in [0.1, 0.15) is 10.6 Å². The van der Waals surface area contributed by atoms with Crippen LogP contribution in [0.15, 0.2) is 9.95 Å². The van der Waals surface area contributed by atoms with Crippen LogP contribution in [0, 0.1) is 0 Å². The molecule has 2 aromatic heterocycles. The van der Waals surface area contributed by atoms with E-state index in [2.05, 4.69) is 0 Å². The minimum absolute atomic E-state index is 0.0433. The fourth-order valence-corrected chi connectivity index (χ4v) is 5.36. The maximum Gasteiger partial charge on any atom is 0.263 e. The van der Waals surface area contributed by atoms with Crippen LogP contribution in [0.2, 0.25) is 0 Å². The van der Waals surface area contributed by atoms with Crippen LogP contribution < -0.4 is 5.56 Å². The molecule has 1 aliphatic carbocycles. The summed E-state index contributed by atoms with van der Waals surface area (Å²) in [5, 5.41) is 1.51. The highest BCUT2D eigenvalue weighted by Crippen LogP contribution is 2.34. The molecule has 0 saturated carbocycles. The summed E-state index contributed by atoms with van der Waals surface area (Å²) in [6.45, 7) is 2.55. The average molecular weight is 367 g/mol. The smallest absolute Gasteiger partial charge is 0.263 e. The van der Waals surface area contributed by atoms with Crippen LogP contribution in [-0.4, -0.2) is 34.8 Å². The molecular weight excluding hydrogens is 344 g/mol. The van der Waals surface area contributed by atoms with Gasteiger partial charge >= 0.3 is 0 Å². The first-order valence-electron chi connectivity index (χ1n) is 8.28. The molecule has 0 bridgehead atoms. The van der Waals surface area contributed by atoms with Gasteiger partial charge in [-0.25, -0.2) is 4.98 Å². The second-order valence-electron chi connectivity index (χ2n) is 6.04. The summed E-state index contributed by atoms with van der Waals surface area (Å²) in [6, 6.07) is 0. The Morgan fingerprint density at radius 2 is 2.17 bits per heavy atom. The molecule has 0 spiro atoms. The monoisotopic (exact) mass is 366 g/mol. The lowest BCUT2D eigenvalue weighted by molar-refractivity contribution is -0.116. The molecule has 3 rings (SSSR count). The van der Waals surface area contributed by atoms with Crippen molar-refractivity contribution < 1.29 is 9.53 Å². The van der Waals surface area contributed by atoms with Crippen LogP contribution in [-0.2, 0) is 28.9 Å². The Kier molecular flexibility index (Phi) is 5.73. The molecule has 0 N–H and O–H groups in total. The van der Waals surface area contributed by atoms with Crippen molar-refractivity contribution in [3.05, 3.63) is 20.8 Å². The van der Waals surface area contributed by atoms with E-state index in [0.29, 0.717) is 30.5 Å². The lowest BCUT2D eigenvalue weighted by atomic mass is 9.97. The van der Waals surface area contributed by atoms with Gasteiger partial charge in [0.15, 0.2) is 5.16 Å². The minimum Gasteiger partial charge on any atom is -0.383 e. The lowest BCUT2D eigenvalue weighted by Crippen LogP contribution is -2.25. The Hall–Kier alpha value is -1.18. The number of thioether (sulfide) groups is 1. The van der Waals surface area contributed by atoms with Gasteiger partial charge < -0.3 is 4.74 Å². The number of aromatic nitrogens is 2. The van der Waals surface area contributed by atoms with E-state index < -0.39 is 0 Å². The van der Waals surface area contributed by atoms with Crippen molar-refractivity contribution >= 4 is 39.1 Å². The Morgan fingerprint density at radius 1 is 1.38 bits per heavy atom. The molecule has 0 atom stereocenters. The van der Waals surface area contributed by atoms with Crippen molar-refractivity contribution in [2.45, 2.75) is 50.7 Å².